The van der Waals surface area contributed by atoms with Gasteiger partial charge in [-0.1, -0.05) is 38.3 Å². The maximum absolute atomic E-state index is 4.77. The fourth-order valence-corrected chi connectivity index (χ4v) is 3.36. The van der Waals surface area contributed by atoms with Crippen molar-refractivity contribution in [3.8, 4) is 0 Å². The molecule has 2 heterocycles. The number of hydrogen-bond acceptors (Lipinski definition) is 2. The van der Waals surface area contributed by atoms with Crippen LogP contribution >= 0.6 is 0 Å². The van der Waals surface area contributed by atoms with E-state index < -0.39 is 0 Å². The molecule has 0 spiro atoms. The van der Waals surface area contributed by atoms with E-state index in [9.17, 15) is 0 Å². The Morgan fingerprint density at radius 2 is 1.95 bits per heavy atom. The Kier molecular flexibility index (Phi) is 4.91. The molecule has 114 valence electrons. The van der Waals surface area contributed by atoms with Gasteiger partial charge in [0.25, 0.3) is 0 Å². The minimum atomic E-state index is 0.615. The van der Waals surface area contributed by atoms with Crippen LogP contribution in [0.2, 0.25) is 0 Å². The number of aromatic amines is 1. The quantitative estimate of drug-likeness (QED) is 0.801. The van der Waals surface area contributed by atoms with Gasteiger partial charge in [0.1, 0.15) is 5.82 Å². The molecular formula is C18H27N3. The lowest BCUT2D eigenvalue weighted by atomic mass is 9.96. The third-order valence-corrected chi connectivity index (χ3v) is 4.71. The number of para-hydroxylation sites is 2. The first-order chi connectivity index (χ1) is 10.4. The van der Waals surface area contributed by atoms with Crippen molar-refractivity contribution in [1.29, 1.82) is 0 Å². The largest absolute Gasteiger partial charge is 0.342 e. The van der Waals surface area contributed by atoms with Crippen molar-refractivity contribution in [3.63, 3.8) is 0 Å². The highest BCUT2D eigenvalue weighted by atomic mass is 15.1. The van der Waals surface area contributed by atoms with Gasteiger partial charge in [-0.15, -0.1) is 0 Å². The highest BCUT2D eigenvalue weighted by Crippen LogP contribution is 2.27. The summed E-state index contributed by atoms with van der Waals surface area (Å²) in [5, 5.41) is 0. The molecule has 21 heavy (non-hydrogen) atoms. The van der Waals surface area contributed by atoms with Crippen LogP contribution in [0.15, 0.2) is 24.3 Å². The van der Waals surface area contributed by atoms with Crippen molar-refractivity contribution in [2.24, 2.45) is 0 Å². The van der Waals surface area contributed by atoms with Gasteiger partial charge >= 0.3 is 0 Å². The lowest BCUT2D eigenvalue weighted by Crippen LogP contribution is -2.33. The zero-order chi connectivity index (χ0) is 14.5. The molecular weight excluding hydrogens is 258 g/mol. The summed E-state index contributed by atoms with van der Waals surface area (Å²) in [7, 11) is 0. The van der Waals surface area contributed by atoms with Crippen molar-refractivity contribution in [3.05, 3.63) is 30.1 Å². The number of H-pyrrole nitrogens is 1. The van der Waals surface area contributed by atoms with E-state index in [2.05, 4.69) is 41.1 Å². The summed E-state index contributed by atoms with van der Waals surface area (Å²) in [6, 6.07) is 8.35. The second-order valence-corrected chi connectivity index (χ2v) is 6.32. The molecule has 1 saturated heterocycles. The second kappa shape index (κ2) is 7.08. The number of aromatic nitrogens is 2. The number of imidazole rings is 1. The minimum Gasteiger partial charge on any atom is -0.342 e. The SMILES string of the molecule is CCCCCCN1CCC(c2nc3ccccc3[nH]2)CC1. The molecule has 0 unspecified atom stereocenters. The molecule has 0 amide bonds. The summed E-state index contributed by atoms with van der Waals surface area (Å²) in [5.74, 6) is 1.81. The number of piperidine rings is 1. The van der Waals surface area contributed by atoms with Crippen LogP contribution in [-0.4, -0.2) is 34.5 Å². The van der Waals surface area contributed by atoms with E-state index in [1.165, 1.54) is 69.5 Å². The van der Waals surface area contributed by atoms with Crippen molar-refractivity contribution in [1.82, 2.24) is 14.9 Å². The number of hydrogen-bond donors (Lipinski definition) is 1. The molecule has 0 bridgehead atoms. The first-order valence-corrected chi connectivity index (χ1v) is 8.54. The van der Waals surface area contributed by atoms with Gasteiger partial charge in [0.2, 0.25) is 0 Å². The average molecular weight is 285 g/mol. The third kappa shape index (κ3) is 3.65. The van der Waals surface area contributed by atoms with Crippen LogP contribution < -0.4 is 0 Å². The number of nitrogens with one attached hydrogen (secondary N) is 1. The lowest BCUT2D eigenvalue weighted by molar-refractivity contribution is 0.206. The predicted octanol–water partition coefficient (Wildman–Crippen LogP) is 4.32. The van der Waals surface area contributed by atoms with Gasteiger partial charge in [0, 0.05) is 5.92 Å². The number of likely N-dealkylation sites (tertiary alicyclic amines) is 1. The standard InChI is InChI=1S/C18H27N3/c1-2-3-4-7-12-21-13-10-15(11-14-21)18-19-16-8-5-6-9-17(16)20-18/h5-6,8-9,15H,2-4,7,10-14H2,1H3,(H,19,20). The van der Waals surface area contributed by atoms with E-state index in [1.54, 1.807) is 0 Å². The topological polar surface area (TPSA) is 31.9 Å². The Bertz CT molecular complexity index is 519. The van der Waals surface area contributed by atoms with Crippen LogP contribution in [-0.2, 0) is 0 Å². The van der Waals surface area contributed by atoms with Crippen LogP contribution in [0.5, 0.6) is 0 Å². The Morgan fingerprint density at radius 1 is 1.14 bits per heavy atom. The number of fused-ring (bicyclic) bond motifs is 1. The summed E-state index contributed by atoms with van der Waals surface area (Å²) in [6.07, 6.45) is 7.95. The van der Waals surface area contributed by atoms with Gasteiger partial charge in [-0.05, 0) is 51.0 Å². The highest BCUT2D eigenvalue weighted by Gasteiger charge is 2.22. The van der Waals surface area contributed by atoms with Crippen LogP contribution in [0, 0.1) is 0 Å². The van der Waals surface area contributed by atoms with Gasteiger partial charge in [0.15, 0.2) is 0 Å². The monoisotopic (exact) mass is 285 g/mol. The number of benzene rings is 1. The van der Waals surface area contributed by atoms with Crippen molar-refractivity contribution in [2.75, 3.05) is 19.6 Å². The maximum Gasteiger partial charge on any atom is 0.110 e. The minimum absolute atomic E-state index is 0.615. The van der Waals surface area contributed by atoms with Gasteiger partial charge in [-0.3, -0.25) is 0 Å². The fraction of sp³-hybridized carbons (Fsp3) is 0.611. The molecule has 3 rings (SSSR count). The Hall–Kier alpha value is -1.35. The van der Waals surface area contributed by atoms with Crippen LogP contribution in [0.4, 0.5) is 0 Å². The molecule has 0 saturated carbocycles. The average Bonchev–Trinajstić information content (AvgIpc) is 2.96. The predicted molar refractivity (Wildman–Crippen MR) is 88.7 cm³/mol. The molecule has 0 radical (unpaired) electrons. The van der Waals surface area contributed by atoms with Gasteiger partial charge < -0.3 is 9.88 Å². The molecule has 1 aromatic heterocycles. The van der Waals surface area contributed by atoms with Crippen LogP contribution in [0.25, 0.3) is 11.0 Å². The summed E-state index contributed by atoms with van der Waals surface area (Å²) in [5.41, 5.74) is 2.28. The number of rotatable bonds is 6. The second-order valence-electron chi connectivity index (χ2n) is 6.32. The van der Waals surface area contributed by atoms with Gasteiger partial charge in [-0.2, -0.15) is 0 Å². The van der Waals surface area contributed by atoms with E-state index in [-0.39, 0.29) is 0 Å². The first kappa shape index (κ1) is 14.6. The highest BCUT2D eigenvalue weighted by molar-refractivity contribution is 5.74. The smallest absolute Gasteiger partial charge is 0.110 e. The van der Waals surface area contributed by atoms with Crippen LogP contribution in [0.1, 0.15) is 57.2 Å². The zero-order valence-electron chi connectivity index (χ0n) is 13.1. The molecule has 1 aromatic carbocycles. The molecule has 3 nitrogen and oxygen atoms in total. The van der Waals surface area contributed by atoms with Gasteiger partial charge in [0.05, 0.1) is 11.0 Å². The van der Waals surface area contributed by atoms with Crippen molar-refractivity contribution in [2.45, 2.75) is 51.4 Å². The molecule has 1 aliphatic rings. The molecule has 2 aromatic rings. The van der Waals surface area contributed by atoms with Crippen molar-refractivity contribution < 1.29 is 0 Å². The number of unbranched alkanes of at least 4 members (excludes halogenated alkanes) is 3. The van der Waals surface area contributed by atoms with Gasteiger partial charge in [-0.25, -0.2) is 4.98 Å². The Labute approximate surface area is 127 Å². The fourth-order valence-electron chi connectivity index (χ4n) is 3.36. The van der Waals surface area contributed by atoms with E-state index in [0.717, 1.165) is 5.52 Å². The van der Waals surface area contributed by atoms with Crippen LogP contribution in [0.3, 0.4) is 0 Å². The summed E-state index contributed by atoms with van der Waals surface area (Å²) in [4.78, 5) is 10.9. The molecule has 1 aliphatic heterocycles. The summed E-state index contributed by atoms with van der Waals surface area (Å²) in [6.45, 7) is 6.02. The maximum atomic E-state index is 4.77. The molecule has 1 fully saturated rings. The summed E-state index contributed by atoms with van der Waals surface area (Å²) >= 11 is 0. The van der Waals surface area contributed by atoms with Crippen molar-refractivity contribution >= 4 is 11.0 Å². The lowest BCUT2D eigenvalue weighted by Gasteiger charge is -2.31. The zero-order valence-corrected chi connectivity index (χ0v) is 13.1. The Balaban J connectivity index is 1.51. The summed E-state index contributed by atoms with van der Waals surface area (Å²) < 4.78 is 0. The normalized spacial score (nSPS) is 17.6. The Morgan fingerprint density at radius 3 is 2.71 bits per heavy atom. The third-order valence-electron chi connectivity index (χ3n) is 4.71. The first-order valence-electron chi connectivity index (χ1n) is 8.54. The van der Waals surface area contributed by atoms with E-state index >= 15 is 0 Å². The van der Waals surface area contributed by atoms with E-state index in [4.69, 9.17) is 4.98 Å². The molecule has 1 N–H and O–H groups in total. The number of nitrogens with zero attached hydrogens (tertiary/aromatic N) is 2. The van der Waals surface area contributed by atoms with E-state index in [1.807, 2.05) is 0 Å². The molecule has 0 atom stereocenters. The molecule has 0 aliphatic carbocycles. The molecule has 3 heteroatoms. The van der Waals surface area contributed by atoms with E-state index in [0.29, 0.717) is 5.92 Å².